The number of benzene rings is 3. The molecule has 1 aliphatic heterocycles. The number of cyclic esters (lactones) is 1. The summed E-state index contributed by atoms with van der Waals surface area (Å²) in [5, 5.41) is 0. The van der Waals surface area contributed by atoms with Crippen molar-refractivity contribution in [3.63, 3.8) is 0 Å². The van der Waals surface area contributed by atoms with Gasteiger partial charge in [0.25, 0.3) is 0 Å². The average Bonchev–Trinajstić information content (AvgIpc) is 3.15. The average molecular weight is 413 g/mol. The van der Waals surface area contributed by atoms with Crippen LogP contribution >= 0.6 is 0 Å². The molecule has 0 atom stereocenters. The van der Waals surface area contributed by atoms with Crippen LogP contribution in [0.2, 0.25) is 0 Å². The van der Waals surface area contributed by atoms with E-state index in [9.17, 15) is 4.79 Å². The lowest BCUT2D eigenvalue weighted by Gasteiger charge is -2.11. The van der Waals surface area contributed by atoms with Crippen LogP contribution in [0.1, 0.15) is 22.3 Å². The fourth-order valence-electron chi connectivity index (χ4n) is 3.11. The van der Waals surface area contributed by atoms with Crippen molar-refractivity contribution in [1.82, 2.24) is 0 Å². The maximum atomic E-state index is 12.1. The number of esters is 1. The number of aryl methyl sites for hydroxylation is 2. The molecule has 31 heavy (non-hydrogen) atoms. The van der Waals surface area contributed by atoms with Crippen molar-refractivity contribution in [3.8, 4) is 11.5 Å². The molecule has 0 unspecified atom stereocenters. The Balaban J connectivity index is 1.33. The lowest BCUT2D eigenvalue weighted by Crippen LogP contribution is -2.09. The Morgan fingerprint density at radius 3 is 2.42 bits per heavy atom. The van der Waals surface area contributed by atoms with E-state index in [4.69, 9.17) is 14.2 Å². The number of hydrogen-bond donors (Lipinski definition) is 0. The van der Waals surface area contributed by atoms with Gasteiger partial charge in [0.05, 0.1) is 0 Å². The van der Waals surface area contributed by atoms with Gasteiger partial charge in [-0.3, -0.25) is 0 Å². The molecule has 0 aromatic heterocycles. The molecule has 0 saturated heterocycles. The van der Waals surface area contributed by atoms with Gasteiger partial charge in [-0.1, -0.05) is 42.5 Å². The Kier molecular flexibility index (Phi) is 6.13. The van der Waals surface area contributed by atoms with Crippen LogP contribution in [0.3, 0.4) is 0 Å². The maximum absolute atomic E-state index is 12.1. The normalized spacial score (nSPS) is 14.3. The third kappa shape index (κ3) is 5.20. The van der Waals surface area contributed by atoms with Crippen LogP contribution in [0.4, 0.5) is 0 Å². The molecule has 0 spiro atoms. The van der Waals surface area contributed by atoms with Crippen LogP contribution in [0.25, 0.3) is 6.08 Å². The summed E-state index contributed by atoms with van der Waals surface area (Å²) >= 11 is 0. The summed E-state index contributed by atoms with van der Waals surface area (Å²) in [6.45, 7) is 4.96. The fourth-order valence-corrected chi connectivity index (χ4v) is 3.11. The summed E-state index contributed by atoms with van der Waals surface area (Å²) < 4.78 is 16.8. The molecule has 0 radical (unpaired) electrons. The first-order valence-corrected chi connectivity index (χ1v) is 10.1. The molecule has 5 nitrogen and oxygen atoms in total. The third-order valence-corrected chi connectivity index (χ3v) is 4.78. The van der Waals surface area contributed by atoms with Crippen LogP contribution in [0.5, 0.6) is 11.5 Å². The van der Waals surface area contributed by atoms with E-state index in [0.29, 0.717) is 19.1 Å². The van der Waals surface area contributed by atoms with Crippen molar-refractivity contribution < 1.29 is 19.0 Å². The van der Waals surface area contributed by atoms with Gasteiger partial charge in [0.2, 0.25) is 5.90 Å². The molecule has 1 aliphatic rings. The first-order chi connectivity index (χ1) is 15.1. The van der Waals surface area contributed by atoms with Crippen LogP contribution in [0, 0.1) is 13.8 Å². The first-order valence-electron chi connectivity index (χ1n) is 10.1. The van der Waals surface area contributed by atoms with Gasteiger partial charge >= 0.3 is 5.97 Å². The van der Waals surface area contributed by atoms with E-state index in [0.717, 1.165) is 33.8 Å². The molecule has 0 bridgehead atoms. The molecule has 0 fully saturated rings. The van der Waals surface area contributed by atoms with Gasteiger partial charge in [-0.2, -0.15) is 0 Å². The minimum atomic E-state index is -0.456. The molecule has 5 heteroatoms. The standard InChI is InChI=1S/C26H23NO4/c1-18-8-9-19(2)24(16-18)30-15-14-29-22-12-10-20(11-13-22)17-23-26(28)31-25(27-23)21-6-4-3-5-7-21/h3-13,16-17H,14-15H2,1-2H3/b23-17-. The number of carbonyl (C=O) groups is 1. The Bertz CT molecular complexity index is 1130. The van der Waals surface area contributed by atoms with E-state index < -0.39 is 5.97 Å². The molecule has 4 rings (SSSR count). The largest absolute Gasteiger partial charge is 0.490 e. The lowest BCUT2D eigenvalue weighted by atomic mass is 10.1. The zero-order valence-corrected chi connectivity index (χ0v) is 17.5. The number of hydrogen-bond acceptors (Lipinski definition) is 5. The number of ether oxygens (including phenoxy) is 3. The van der Waals surface area contributed by atoms with E-state index in [1.807, 2.05) is 80.6 Å². The molecule has 3 aromatic rings. The monoisotopic (exact) mass is 413 g/mol. The highest BCUT2D eigenvalue weighted by molar-refractivity contribution is 6.12. The number of carbonyl (C=O) groups excluding carboxylic acids is 1. The summed E-state index contributed by atoms with van der Waals surface area (Å²) in [6.07, 6.45) is 1.70. The summed E-state index contributed by atoms with van der Waals surface area (Å²) in [7, 11) is 0. The van der Waals surface area contributed by atoms with Gasteiger partial charge in [0.1, 0.15) is 24.7 Å². The molecule has 0 aliphatic carbocycles. The summed E-state index contributed by atoms with van der Waals surface area (Å²) in [4.78, 5) is 16.4. The summed E-state index contributed by atoms with van der Waals surface area (Å²) in [6, 6.07) is 22.9. The fraction of sp³-hybridized carbons (Fsp3) is 0.154. The second-order valence-electron chi connectivity index (χ2n) is 7.24. The number of nitrogens with zero attached hydrogens (tertiary/aromatic N) is 1. The highest BCUT2D eigenvalue weighted by atomic mass is 16.6. The Labute approximate surface area is 181 Å². The topological polar surface area (TPSA) is 57.1 Å². The molecule has 3 aromatic carbocycles. The number of aliphatic imine (C=N–C) groups is 1. The molecule has 0 amide bonds. The maximum Gasteiger partial charge on any atom is 0.363 e. The molecular weight excluding hydrogens is 390 g/mol. The quantitative estimate of drug-likeness (QED) is 0.307. The van der Waals surface area contributed by atoms with Gasteiger partial charge in [0, 0.05) is 5.56 Å². The molecule has 1 heterocycles. The van der Waals surface area contributed by atoms with Gasteiger partial charge in [-0.05, 0) is 66.9 Å². The Morgan fingerprint density at radius 1 is 0.903 bits per heavy atom. The van der Waals surface area contributed by atoms with E-state index in [2.05, 4.69) is 11.1 Å². The van der Waals surface area contributed by atoms with Gasteiger partial charge in [-0.15, -0.1) is 0 Å². The SMILES string of the molecule is Cc1ccc(C)c(OCCOc2ccc(/C=C3\N=C(c4ccccc4)OC3=O)cc2)c1. The van der Waals surface area contributed by atoms with Crippen molar-refractivity contribution in [3.05, 3.63) is 101 Å². The van der Waals surface area contributed by atoms with Crippen LogP contribution in [-0.2, 0) is 9.53 Å². The number of rotatable bonds is 7. The first kappa shape index (κ1) is 20.4. The zero-order valence-electron chi connectivity index (χ0n) is 17.5. The van der Waals surface area contributed by atoms with Crippen LogP contribution < -0.4 is 9.47 Å². The third-order valence-electron chi connectivity index (χ3n) is 4.78. The molecular formula is C26H23NO4. The second-order valence-corrected chi connectivity index (χ2v) is 7.24. The van der Waals surface area contributed by atoms with Gasteiger partial charge in [0.15, 0.2) is 5.70 Å². The predicted molar refractivity (Wildman–Crippen MR) is 120 cm³/mol. The van der Waals surface area contributed by atoms with Crippen LogP contribution in [0.15, 0.2) is 83.5 Å². The predicted octanol–water partition coefficient (Wildman–Crippen LogP) is 5.11. The molecule has 0 N–H and O–H groups in total. The molecule has 156 valence electrons. The van der Waals surface area contributed by atoms with E-state index in [1.165, 1.54) is 0 Å². The van der Waals surface area contributed by atoms with E-state index in [-0.39, 0.29) is 5.70 Å². The lowest BCUT2D eigenvalue weighted by molar-refractivity contribution is -0.129. The highest BCUT2D eigenvalue weighted by Crippen LogP contribution is 2.21. The summed E-state index contributed by atoms with van der Waals surface area (Å²) in [5.41, 5.74) is 4.15. The van der Waals surface area contributed by atoms with Gasteiger partial charge in [-0.25, -0.2) is 9.79 Å². The Morgan fingerprint density at radius 2 is 1.65 bits per heavy atom. The zero-order chi connectivity index (χ0) is 21.6. The Hall–Kier alpha value is -3.86. The second kappa shape index (κ2) is 9.30. The van der Waals surface area contributed by atoms with Crippen molar-refractivity contribution in [2.24, 2.45) is 4.99 Å². The highest BCUT2D eigenvalue weighted by Gasteiger charge is 2.23. The van der Waals surface area contributed by atoms with Gasteiger partial charge < -0.3 is 14.2 Å². The smallest absolute Gasteiger partial charge is 0.363 e. The van der Waals surface area contributed by atoms with Crippen molar-refractivity contribution in [1.29, 1.82) is 0 Å². The van der Waals surface area contributed by atoms with Crippen molar-refractivity contribution in [2.45, 2.75) is 13.8 Å². The minimum absolute atomic E-state index is 0.273. The van der Waals surface area contributed by atoms with Crippen molar-refractivity contribution in [2.75, 3.05) is 13.2 Å². The minimum Gasteiger partial charge on any atom is -0.490 e. The van der Waals surface area contributed by atoms with E-state index in [1.54, 1.807) is 6.08 Å². The summed E-state index contributed by atoms with van der Waals surface area (Å²) in [5.74, 6) is 1.47. The van der Waals surface area contributed by atoms with E-state index >= 15 is 0 Å². The molecule has 0 saturated carbocycles. The van der Waals surface area contributed by atoms with Crippen molar-refractivity contribution >= 4 is 17.9 Å². The van der Waals surface area contributed by atoms with Crippen LogP contribution in [-0.4, -0.2) is 25.1 Å².